The molecule has 1 saturated heterocycles. The van der Waals surface area contributed by atoms with Crippen LogP contribution in [0.2, 0.25) is 0 Å². The van der Waals surface area contributed by atoms with Crippen LogP contribution in [0, 0.1) is 6.92 Å². The van der Waals surface area contributed by atoms with E-state index in [2.05, 4.69) is 33.4 Å². The summed E-state index contributed by atoms with van der Waals surface area (Å²) in [5, 5.41) is 10.7. The van der Waals surface area contributed by atoms with E-state index in [-0.39, 0.29) is 5.91 Å². The monoisotopic (exact) mass is 354 g/mol. The van der Waals surface area contributed by atoms with E-state index < -0.39 is 0 Å². The van der Waals surface area contributed by atoms with Crippen LogP contribution in [0.4, 0.5) is 5.82 Å². The van der Waals surface area contributed by atoms with Crippen molar-refractivity contribution in [2.24, 2.45) is 0 Å². The van der Waals surface area contributed by atoms with E-state index in [1.165, 1.54) is 0 Å². The molecule has 0 aliphatic carbocycles. The van der Waals surface area contributed by atoms with Gasteiger partial charge in [0, 0.05) is 24.7 Å². The summed E-state index contributed by atoms with van der Waals surface area (Å²) in [4.78, 5) is 15.0. The van der Waals surface area contributed by atoms with E-state index >= 15 is 0 Å². The fourth-order valence-electron chi connectivity index (χ4n) is 3.20. The van der Waals surface area contributed by atoms with Crippen molar-refractivity contribution in [3.8, 4) is 0 Å². The van der Waals surface area contributed by atoms with E-state index in [1.54, 1.807) is 6.07 Å². The molecule has 1 fully saturated rings. The molecule has 1 aromatic carbocycles. The second kappa shape index (κ2) is 8.87. The lowest BCUT2D eigenvalue weighted by atomic mass is 10.1. The highest BCUT2D eigenvalue weighted by atomic mass is 16.5. The number of aryl methyl sites for hydroxylation is 1. The van der Waals surface area contributed by atoms with Gasteiger partial charge in [0.15, 0.2) is 5.82 Å². The first-order chi connectivity index (χ1) is 12.7. The van der Waals surface area contributed by atoms with Crippen LogP contribution in [0.1, 0.15) is 41.4 Å². The molecule has 6 nitrogen and oxygen atoms in total. The predicted octanol–water partition coefficient (Wildman–Crippen LogP) is 3.04. The zero-order chi connectivity index (χ0) is 18.4. The third-order valence-corrected chi connectivity index (χ3v) is 4.59. The fraction of sp³-hybridized carbons (Fsp3) is 0.450. The molecule has 0 bridgehead atoms. The van der Waals surface area contributed by atoms with E-state index in [0.29, 0.717) is 17.4 Å². The maximum atomic E-state index is 12.5. The third-order valence-electron chi connectivity index (χ3n) is 4.59. The topological polar surface area (TPSA) is 67.3 Å². The largest absolute Gasteiger partial charge is 0.378 e. The van der Waals surface area contributed by atoms with Gasteiger partial charge in [-0.2, -0.15) is 5.10 Å². The van der Waals surface area contributed by atoms with E-state index in [9.17, 15) is 4.79 Å². The number of anilines is 1. The van der Waals surface area contributed by atoms with Crippen LogP contribution in [0.5, 0.6) is 0 Å². The molecule has 1 N–H and O–H groups in total. The van der Waals surface area contributed by atoms with Crippen LogP contribution < -0.4 is 5.32 Å². The van der Waals surface area contributed by atoms with Crippen LogP contribution in [-0.4, -0.2) is 46.8 Å². The minimum Gasteiger partial charge on any atom is -0.378 e. The normalized spacial score (nSPS) is 17.8. The zero-order valence-corrected chi connectivity index (χ0v) is 15.4. The van der Waals surface area contributed by atoms with Crippen molar-refractivity contribution in [3.05, 3.63) is 53.2 Å². The minimum atomic E-state index is -0.169. The number of hydrogen-bond donors (Lipinski definition) is 1. The lowest BCUT2D eigenvalue weighted by molar-refractivity contribution is -0.0147. The second-order valence-corrected chi connectivity index (χ2v) is 6.70. The summed E-state index contributed by atoms with van der Waals surface area (Å²) in [5.41, 5.74) is 2.58. The van der Waals surface area contributed by atoms with Gasteiger partial charge in [-0.3, -0.25) is 9.69 Å². The number of carbonyl (C=O) groups is 1. The second-order valence-electron chi connectivity index (χ2n) is 6.70. The standard InChI is InChI=1S/C20H26N4O2/c1-3-5-18-14-26-11-10-24(18)13-16-6-4-7-17(12-16)20(25)21-19-9-8-15(2)22-23-19/h4,6-9,12,18H,3,5,10-11,13-14H2,1-2H3,(H,21,23,25). The molecule has 3 rings (SSSR count). The summed E-state index contributed by atoms with van der Waals surface area (Å²) in [5.74, 6) is 0.291. The number of ether oxygens (including phenoxy) is 1. The summed E-state index contributed by atoms with van der Waals surface area (Å²) < 4.78 is 5.62. The van der Waals surface area contributed by atoms with Crippen molar-refractivity contribution in [2.45, 2.75) is 39.3 Å². The van der Waals surface area contributed by atoms with Gasteiger partial charge in [-0.15, -0.1) is 5.10 Å². The van der Waals surface area contributed by atoms with Crippen molar-refractivity contribution in [1.29, 1.82) is 0 Å². The van der Waals surface area contributed by atoms with E-state index in [1.807, 2.05) is 31.2 Å². The summed E-state index contributed by atoms with van der Waals surface area (Å²) >= 11 is 0. The molecular formula is C20H26N4O2. The third kappa shape index (κ3) is 4.86. The van der Waals surface area contributed by atoms with Gasteiger partial charge in [0.25, 0.3) is 5.91 Å². The highest BCUT2D eigenvalue weighted by molar-refractivity contribution is 6.03. The summed E-state index contributed by atoms with van der Waals surface area (Å²) in [7, 11) is 0. The van der Waals surface area contributed by atoms with Gasteiger partial charge in [0.05, 0.1) is 18.9 Å². The summed E-state index contributed by atoms with van der Waals surface area (Å²) in [6, 6.07) is 11.8. The van der Waals surface area contributed by atoms with Crippen molar-refractivity contribution in [3.63, 3.8) is 0 Å². The number of aromatic nitrogens is 2. The zero-order valence-electron chi connectivity index (χ0n) is 15.4. The van der Waals surface area contributed by atoms with Gasteiger partial charge >= 0.3 is 0 Å². The summed E-state index contributed by atoms with van der Waals surface area (Å²) in [6.07, 6.45) is 2.27. The Hall–Kier alpha value is -2.31. The SMILES string of the molecule is CCCC1COCCN1Cc1cccc(C(=O)Nc2ccc(C)nn2)c1. The number of rotatable bonds is 6. The minimum absolute atomic E-state index is 0.169. The maximum Gasteiger partial charge on any atom is 0.256 e. The fourth-order valence-corrected chi connectivity index (χ4v) is 3.20. The first-order valence-electron chi connectivity index (χ1n) is 9.18. The number of carbonyl (C=O) groups excluding carboxylic acids is 1. The first kappa shape index (κ1) is 18.5. The van der Waals surface area contributed by atoms with Crippen LogP contribution in [-0.2, 0) is 11.3 Å². The summed E-state index contributed by atoms with van der Waals surface area (Å²) in [6.45, 7) is 7.39. The molecule has 1 unspecified atom stereocenters. The number of amides is 1. The molecule has 1 atom stereocenters. The molecule has 0 radical (unpaired) electrons. The maximum absolute atomic E-state index is 12.5. The number of benzene rings is 1. The smallest absolute Gasteiger partial charge is 0.256 e. The molecule has 2 heterocycles. The van der Waals surface area contributed by atoms with Crippen molar-refractivity contribution < 1.29 is 9.53 Å². The highest BCUT2D eigenvalue weighted by Crippen LogP contribution is 2.17. The highest BCUT2D eigenvalue weighted by Gasteiger charge is 2.22. The Labute approximate surface area is 154 Å². The molecule has 6 heteroatoms. The van der Waals surface area contributed by atoms with Crippen LogP contribution in [0.3, 0.4) is 0 Å². The molecule has 1 aliphatic heterocycles. The van der Waals surface area contributed by atoms with Crippen molar-refractivity contribution in [1.82, 2.24) is 15.1 Å². The molecule has 2 aromatic rings. The molecule has 1 aromatic heterocycles. The Morgan fingerprint density at radius 3 is 2.96 bits per heavy atom. The van der Waals surface area contributed by atoms with Gasteiger partial charge in [-0.05, 0) is 43.2 Å². The molecule has 0 spiro atoms. The average Bonchev–Trinajstić information content (AvgIpc) is 2.66. The molecule has 138 valence electrons. The molecule has 0 saturated carbocycles. The Morgan fingerprint density at radius 1 is 1.31 bits per heavy atom. The van der Waals surface area contributed by atoms with Crippen LogP contribution >= 0.6 is 0 Å². The quantitative estimate of drug-likeness (QED) is 0.864. The van der Waals surface area contributed by atoms with Crippen LogP contribution in [0.15, 0.2) is 36.4 Å². The lowest BCUT2D eigenvalue weighted by Crippen LogP contribution is -2.44. The van der Waals surface area contributed by atoms with Crippen LogP contribution in [0.25, 0.3) is 0 Å². The number of hydrogen-bond acceptors (Lipinski definition) is 5. The van der Waals surface area contributed by atoms with E-state index in [0.717, 1.165) is 50.4 Å². The van der Waals surface area contributed by atoms with Gasteiger partial charge < -0.3 is 10.1 Å². The van der Waals surface area contributed by atoms with E-state index in [4.69, 9.17) is 4.74 Å². The first-order valence-corrected chi connectivity index (χ1v) is 9.18. The predicted molar refractivity (Wildman–Crippen MR) is 101 cm³/mol. The number of morpholine rings is 1. The Kier molecular flexibility index (Phi) is 6.30. The Bertz CT molecular complexity index is 731. The van der Waals surface area contributed by atoms with Crippen molar-refractivity contribution >= 4 is 11.7 Å². The Morgan fingerprint density at radius 2 is 2.19 bits per heavy atom. The van der Waals surface area contributed by atoms with Gasteiger partial charge in [-0.25, -0.2) is 0 Å². The van der Waals surface area contributed by atoms with Gasteiger partial charge in [-0.1, -0.05) is 25.5 Å². The van der Waals surface area contributed by atoms with Crippen molar-refractivity contribution in [2.75, 3.05) is 25.1 Å². The van der Waals surface area contributed by atoms with Gasteiger partial charge in [0.1, 0.15) is 0 Å². The molecule has 1 amide bonds. The number of nitrogens with one attached hydrogen (secondary N) is 1. The molecule has 1 aliphatic rings. The number of nitrogens with zero attached hydrogens (tertiary/aromatic N) is 3. The Balaban J connectivity index is 1.67. The molecule has 26 heavy (non-hydrogen) atoms. The lowest BCUT2D eigenvalue weighted by Gasteiger charge is -2.35. The van der Waals surface area contributed by atoms with Gasteiger partial charge in [0.2, 0.25) is 0 Å². The molecular weight excluding hydrogens is 328 g/mol. The average molecular weight is 354 g/mol.